The zero-order valence-corrected chi connectivity index (χ0v) is 13.5. The van der Waals surface area contributed by atoms with Crippen LogP contribution in [0.15, 0.2) is 29.4 Å². The Morgan fingerprint density at radius 3 is 2.92 bits per heavy atom. The maximum absolute atomic E-state index is 12.3. The van der Waals surface area contributed by atoms with Crippen LogP contribution in [0.2, 0.25) is 0 Å². The second-order valence-corrected chi connectivity index (χ2v) is 6.58. The van der Waals surface area contributed by atoms with Crippen molar-refractivity contribution < 1.29 is 22.0 Å². The van der Waals surface area contributed by atoms with Crippen molar-refractivity contribution >= 4 is 22.3 Å². The van der Waals surface area contributed by atoms with Gasteiger partial charge in [-0.05, 0) is 25.0 Å². The molecule has 1 aromatic rings. The molecule has 2 aliphatic heterocycles. The minimum Gasteiger partial charge on any atom is -0.386 e. The summed E-state index contributed by atoms with van der Waals surface area (Å²) < 4.78 is 34.9. The zero-order chi connectivity index (χ0) is 17.3. The minimum absolute atomic E-state index is 0.263. The number of amides is 2. The topological polar surface area (TPSA) is 138 Å². The molecule has 2 bridgehead atoms. The van der Waals surface area contributed by atoms with Gasteiger partial charge in [-0.25, -0.2) is 4.79 Å². The number of urea groups is 1. The Morgan fingerprint density at radius 2 is 2.25 bits per heavy atom. The maximum Gasteiger partial charge on any atom is 0.418 e. The number of fused-ring (bicyclic) bond motifs is 2. The maximum atomic E-state index is 12.3. The highest BCUT2D eigenvalue weighted by Crippen LogP contribution is 2.30. The van der Waals surface area contributed by atoms with Crippen molar-refractivity contribution in [3.05, 3.63) is 30.1 Å². The molecule has 2 saturated heterocycles. The molecule has 2 aliphatic rings. The van der Waals surface area contributed by atoms with Crippen LogP contribution >= 0.6 is 0 Å². The van der Waals surface area contributed by atoms with E-state index < -0.39 is 28.5 Å². The number of carbonyl (C=O) groups excluding carboxylic acids is 1. The smallest absolute Gasteiger partial charge is 0.386 e. The highest BCUT2D eigenvalue weighted by molar-refractivity contribution is 7.80. The van der Waals surface area contributed by atoms with Crippen LogP contribution in [0.25, 0.3) is 0 Å². The van der Waals surface area contributed by atoms with E-state index in [1.807, 2.05) is 12.1 Å². The van der Waals surface area contributed by atoms with Gasteiger partial charge in [0, 0.05) is 12.7 Å². The average molecular weight is 355 g/mol. The fraction of sp³-hybridized carbons (Fsp3) is 0.462. The SMILES string of the molecule is NC(=NCc1ccccn1)[C@@H]1CC[C@@H]2CN1C(=O)N2OS(=O)(=O)O. The van der Waals surface area contributed by atoms with Crippen molar-refractivity contribution in [2.75, 3.05) is 6.54 Å². The number of amidine groups is 1. The lowest BCUT2D eigenvalue weighted by molar-refractivity contribution is -0.0316. The third-order valence-corrected chi connectivity index (χ3v) is 4.34. The number of aliphatic imine (C=N–C) groups is 1. The number of piperidine rings is 1. The van der Waals surface area contributed by atoms with Crippen LogP contribution in [0.1, 0.15) is 18.5 Å². The summed E-state index contributed by atoms with van der Waals surface area (Å²) in [5.74, 6) is 0.279. The molecule has 2 atom stereocenters. The summed E-state index contributed by atoms with van der Waals surface area (Å²) in [4.78, 5) is 22.1. The van der Waals surface area contributed by atoms with Crippen LogP contribution in [0.4, 0.5) is 4.79 Å². The van der Waals surface area contributed by atoms with Crippen LogP contribution in [0.5, 0.6) is 0 Å². The van der Waals surface area contributed by atoms with Gasteiger partial charge in [0.05, 0.1) is 24.3 Å². The van der Waals surface area contributed by atoms with Gasteiger partial charge in [0.1, 0.15) is 5.84 Å². The molecule has 2 fully saturated rings. The van der Waals surface area contributed by atoms with E-state index in [0.717, 1.165) is 5.69 Å². The van der Waals surface area contributed by atoms with Gasteiger partial charge in [-0.1, -0.05) is 6.07 Å². The Bertz CT molecular complexity index is 753. The Balaban J connectivity index is 1.71. The van der Waals surface area contributed by atoms with Crippen molar-refractivity contribution in [3.63, 3.8) is 0 Å². The Labute approximate surface area is 138 Å². The number of nitrogens with two attached hydrogens (primary N) is 1. The van der Waals surface area contributed by atoms with Crippen LogP contribution < -0.4 is 5.73 Å². The lowest BCUT2D eigenvalue weighted by Crippen LogP contribution is -2.48. The van der Waals surface area contributed by atoms with E-state index in [2.05, 4.69) is 14.3 Å². The van der Waals surface area contributed by atoms with Crippen molar-refractivity contribution in [3.8, 4) is 0 Å². The summed E-state index contributed by atoms with van der Waals surface area (Å²) >= 11 is 0. The first-order chi connectivity index (χ1) is 11.3. The van der Waals surface area contributed by atoms with Gasteiger partial charge in [0.2, 0.25) is 0 Å². The van der Waals surface area contributed by atoms with E-state index >= 15 is 0 Å². The first kappa shape index (κ1) is 16.6. The molecule has 0 unspecified atom stereocenters. The molecular formula is C13H17N5O5S. The normalized spacial score (nSPS) is 24.5. The summed E-state index contributed by atoms with van der Waals surface area (Å²) in [6.07, 6.45) is 2.67. The third-order valence-electron chi connectivity index (χ3n) is 3.99. The van der Waals surface area contributed by atoms with E-state index in [1.165, 1.54) is 4.90 Å². The van der Waals surface area contributed by atoms with E-state index in [-0.39, 0.29) is 12.4 Å². The second-order valence-electron chi connectivity index (χ2n) is 5.57. The quantitative estimate of drug-likeness (QED) is 0.428. The number of carbonyl (C=O) groups is 1. The monoisotopic (exact) mass is 355 g/mol. The lowest BCUT2D eigenvalue weighted by Gasteiger charge is -2.29. The van der Waals surface area contributed by atoms with Gasteiger partial charge in [0.15, 0.2) is 0 Å². The molecule has 130 valence electrons. The first-order valence-corrected chi connectivity index (χ1v) is 8.68. The van der Waals surface area contributed by atoms with Gasteiger partial charge in [0.25, 0.3) is 0 Å². The molecule has 11 heteroatoms. The molecule has 2 amide bonds. The number of nitrogens with zero attached hydrogens (tertiary/aromatic N) is 4. The molecule has 0 spiro atoms. The van der Waals surface area contributed by atoms with Gasteiger partial charge in [-0.15, -0.1) is 4.28 Å². The number of hydroxylamine groups is 2. The molecule has 1 aromatic heterocycles. The highest BCUT2D eigenvalue weighted by Gasteiger charge is 2.48. The summed E-state index contributed by atoms with van der Waals surface area (Å²) in [7, 11) is -4.75. The Kier molecular flexibility index (Phi) is 4.39. The largest absolute Gasteiger partial charge is 0.418 e. The number of hydrogen-bond donors (Lipinski definition) is 2. The van der Waals surface area contributed by atoms with Crippen molar-refractivity contribution in [1.29, 1.82) is 0 Å². The predicted molar refractivity (Wildman–Crippen MR) is 82.9 cm³/mol. The number of rotatable bonds is 5. The molecule has 3 N–H and O–H groups in total. The molecule has 10 nitrogen and oxygen atoms in total. The molecule has 3 rings (SSSR count). The van der Waals surface area contributed by atoms with Gasteiger partial charge < -0.3 is 10.6 Å². The van der Waals surface area contributed by atoms with Crippen molar-refractivity contribution in [2.24, 2.45) is 10.7 Å². The molecule has 0 saturated carbocycles. The highest BCUT2D eigenvalue weighted by atomic mass is 32.3. The van der Waals surface area contributed by atoms with Gasteiger partial charge >= 0.3 is 16.4 Å². The van der Waals surface area contributed by atoms with E-state index in [0.29, 0.717) is 24.4 Å². The van der Waals surface area contributed by atoms with Gasteiger partial charge in [-0.3, -0.25) is 14.5 Å². The summed E-state index contributed by atoms with van der Waals surface area (Å²) in [6.45, 7) is 0.554. The third kappa shape index (κ3) is 3.47. The lowest BCUT2D eigenvalue weighted by atomic mass is 10.0. The Morgan fingerprint density at radius 1 is 1.46 bits per heavy atom. The minimum atomic E-state index is -4.75. The van der Waals surface area contributed by atoms with Crippen LogP contribution in [0, 0.1) is 0 Å². The second kappa shape index (κ2) is 6.34. The van der Waals surface area contributed by atoms with Crippen molar-refractivity contribution in [1.82, 2.24) is 14.9 Å². The number of aromatic nitrogens is 1. The molecular weight excluding hydrogens is 338 g/mol. The number of hydrogen-bond acceptors (Lipinski definition) is 6. The van der Waals surface area contributed by atoms with Gasteiger partial charge in [-0.2, -0.15) is 13.5 Å². The molecule has 0 aliphatic carbocycles. The first-order valence-electron chi connectivity index (χ1n) is 7.32. The number of pyridine rings is 1. The molecule has 3 heterocycles. The fourth-order valence-corrected chi connectivity index (χ4v) is 3.30. The molecule has 24 heavy (non-hydrogen) atoms. The van der Waals surface area contributed by atoms with Crippen LogP contribution in [-0.2, 0) is 21.2 Å². The molecule has 0 radical (unpaired) electrons. The standard InChI is InChI=1S/C13H17N5O5S/c14-12(16-7-9-3-1-2-6-15-9)11-5-4-10-8-17(11)13(19)18(10)23-24(20,21)22/h1-3,6,10-11H,4-5,7-8H2,(H2,14,16)(H,20,21,22)/t10-,11+/m1/s1. The van der Waals surface area contributed by atoms with Crippen molar-refractivity contribution in [2.45, 2.75) is 31.5 Å². The average Bonchev–Trinajstić information content (AvgIpc) is 2.77. The summed E-state index contributed by atoms with van der Waals surface area (Å²) in [5, 5.41) is 0.682. The predicted octanol–water partition coefficient (Wildman–Crippen LogP) is -0.0582. The van der Waals surface area contributed by atoms with Crippen LogP contribution in [-0.4, -0.2) is 58.4 Å². The van der Waals surface area contributed by atoms with E-state index in [9.17, 15) is 13.2 Å². The summed E-state index contributed by atoms with van der Waals surface area (Å²) in [6, 6.07) is 3.91. The van der Waals surface area contributed by atoms with Crippen LogP contribution in [0.3, 0.4) is 0 Å². The van der Waals surface area contributed by atoms with E-state index in [1.54, 1.807) is 12.3 Å². The summed E-state index contributed by atoms with van der Waals surface area (Å²) in [5.41, 5.74) is 6.77. The Hall–Kier alpha value is -2.24. The fourth-order valence-electron chi connectivity index (χ4n) is 2.91. The zero-order valence-electron chi connectivity index (χ0n) is 12.6. The van der Waals surface area contributed by atoms with E-state index in [4.69, 9.17) is 10.3 Å². The molecule has 0 aromatic carbocycles.